The van der Waals surface area contributed by atoms with E-state index in [1.165, 1.54) is 0 Å². The molecular weight excluding hydrogens is 326 g/mol. The summed E-state index contributed by atoms with van der Waals surface area (Å²) in [4.78, 5) is 16.8. The van der Waals surface area contributed by atoms with E-state index in [2.05, 4.69) is 16.4 Å². The lowest BCUT2D eigenvalue weighted by atomic mass is 9.96. The lowest BCUT2D eigenvalue weighted by Crippen LogP contribution is -2.42. The minimum atomic E-state index is -0.786. The Hall–Kier alpha value is -2.24. The van der Waals surface area contributed by atoms with Crippen molar-refractivity contribution in [3.05, 3.63) is 65.0 Å². The fourth-order valence-electron chi connectivity index (χ4n) is 2.81. The third kappa shape index (κ3) is 5.93. The summed E-state index contributed by atoms with van der Waals surface area (Å²) in [6.45, 7) is 7.80. The molecule has 0 bridgehead atoms. The van der Waals surface area contributed by atoms with Crippen molar-refractivity contribution in [2.45, 2.75) is 58.2 Å². The molecule has 4 N–H and O–H groups in total. The summed E-state index contributed by atoms with van der Waals surface area (Å²) in [5.74, 6) is -0.194. The van der Waals surface area contributed by atoms with Crippen molar-refractivity contribution in [1.29, 1.82) is 0 Å². The van der Waals surface area contributed by atoms with Crippen LogP contribution in [0.5, 0.6) is 0 Å². The molecule has 0 radical (unpaired) electrons. The SMILES string of the molecule is Cc1cccc(C[C@@H](N)[C@@H](O)Cc2ncccc2C(=O)NC(C)(C)C)c1. The van der Waals surface area contributed by atoms with E-state index < -0.39 is 12.1 Å². The predicted molar refractivity (Wildman–Crippen MR) is 104 cm³/mol. The van der Waals surface area contributed by atoms with Gasteiger partial charge in [-0.05, 0) is 51.8 Å². The van der Waals surface area contributed by atoms with Gasteiger partial charge in [0.05, 0.1) is 17.4 Å². The summed E-state index contributed by atoms with van der Waals surface area (Å²) in [6.07, 6.45) is 1.65. The molecule has 0 aliphatic carbocycles. The molecule has 0 fully saturated rings. The van der Waals surface area contributed by atoms with Crippen molar-refractivity contribution in [2.75, 3.05) is 0 Å². The van der Waals surface area contributed by atoms with Crippen molar-refractivity contribution in [2.24, 2.45) is 5.73 Å². The van der Waals surface area contributed by atoms with Gasteiger partial charge >= 0.3 is 0 Å². The van der Waals surface area contributed by atoms with Gasteiger partial charge in [0, 0.05) is 24.2 Å². The Balaban J connectivity index is 2.08. The van der Waals surface area contributed by atoms with E-state index in [1.54, 1.807) is 18.3 Å². The summed E-state index contributed by atoms with van der Waals surface area (Å²) < 4.78 is 0. The van der Waals surface area contributed by atoms with E-state index in [9.17, 15) is 9.90 Å². The smallest absolute Gasteiger partial charge is 0.253 e. The van der Waals surface area contributed by atoms with Gasteiger partial charge < -0.3 is 16.2 Å². The van der Waals surface area contributed by atoms with Crippen molar-refractivity contribution < 1.29 is 9.90 Å². The number of aliphatic hydroxyl groups is 1. The minimum Gasteiger partial charge on any atom is -0.391 e. The van der Waals surface area contributed by atoms with Crippen LogP contribution in [0.4, 0.5) is 0 Å². The fourth-order valence-corrected chi connectivity index (χ4v) is 2.81. The number of aliphatic hydroxyl groups excluding tert-OH is 1. The molecule has 26 heavy (non-hydrogen) atoms. The second-order valence-electron chi connectivity index (χ2n) is 7.83. The van der Waals surface area contributed by atoms with Crippen LogP contribution in [0.1, 0.15) is 48.0 Å². The largest absolute Gasteiger partial charge is 0.391 e. The van der Waals surface area contributed by atoms with Crippen LogP contribution in [0.15, 0.2) is 42.6 Å². The number of hydrogen-bond donors (Lipinski definition) is 3. The molecule has 0 unspecified atom stereocenters. The third-order valence-corrected chi connectivity index (χ3v) is 4.07. The summed E-state index contributed by atoms with van der Waals surface area (Å²) in [5, 5.41) is 13.5. The molecule has 140 valence electrons. The van der Waals surface area contributed by atoms with E-state index in [-0.39, 0.29) is 17.9 Å². The Morgan fingerprint density at radius 2 is 1.96 bits per heavy atom. The van der Waals surface area contributed by atoms with Crippen LogP contribution in [-0.2, 0) is 12.8 Å². The van der Waals surface area contributed by atoms with Gasteiger partial charge in [-0.1, -0.05) is 29.8 Å². The molecule has 0 saturated heterocycles. The number of carbonyl (C=O) groups excluding carboxylic acids is 1. The maximum atomic E-state index is 12.5. The number of benzene rings is 1. The molecule has 5 heteroatoms. The molecule has 2 atom stereocenters. The first-order valence-corrected chi connectivity index (χ1v) is 8.91. The average Bonchev–Trinajstić information content (AvgIpc) is 2.53. The zero-order valence-electron chi connectivity index (χ0n) is 16.0. The zero-order chi connectivity index (χ0) is 19.3. The quantitative estimate of drug-likeness (QED) is 0.742. The van der Waals surface area contributed by atoms with Crippen LogP contribution in [0.2, 0.25) is 0 Å². The maximum absolute atomic E-state index is 12.5. The van der Waals surface area contributed by atoms with Gasteiger partial charge in [0.1, 0.15) is 0 Å². The fraction of sp³-hybridized carbons (Fsp3) is 0.429. The number of nitrogens with one attached hydrogen (secondary N) is 1. The van der Waals surface area contributed by atoms with Crippen LogP contribution in [0.25, 0.3) is 0 Å². The summed E-state index contributed by atoms with van der Waals surface area (Å²) in [7, 11) is 0. The van der Waals surface area contributed by atoms with Gasteiger partial charge in [-0.2, -0.15) is 0 Å². The van der Waals surface area contributed by atoms with E-state index in [0.717, 1.165) is 11.1 Å². The van der Waals surface area contributed by atoms with Crippen LogP contribution >= 0.6 is 0 Å². The summed E-state index contributed by atoms with van der Waals surface area (Å²) >= 11 is 0. The van der Waals surface area contributed by atoms with E-state index >= 15 is 0 Å². The number of carbonyl (C=O) groups is 1. The Morgan fingerprint density at radius 3 is 2.62 bits per heavy atom. The topological polar surface area (TPSA) is 88.2 Å². The Morgan fingerprint density at radius 1 is 1.23 bits per heavy atom. The highest BCUT2D eigenvalue weighted by atomic mass is 16.3. The molecule has 2 rings (SSSR count). The van der Waals surface area contributed by atoms with Crippen LogP contribution in [-0.4, -0.2) is 33.7 Å². The lowest BCUT2D eigenvalue weighted by Gasteiger charge is -2.23. The van der Waals surface area contributed by atoms with E-state index in [0.29, 0.717) is 17.7 Å². The van der Waals surface area contributed by atoms with Crippen LogP contribution in [0, 0.1) is 6.92 Å². The standard InChI is InChI=1S/C21H29N3O2/c1-14-7-5-8-15(11-14)12-17(22)19(25)13-18-16(9-6-10-23-18)20(26)24-21(2,3)4/h5-11,17,19,25H,12-13,22H2,1-4H3,(H,24,26)/t17-,19+/m1/s1. The number of rotatable bonds is 6. The summed E-state index contributed by atoms with van der Waals surface area (Å²) in [5.41, 5.74) is 9.14. The highest BCUT2D eigenvalue weighted by Gasteiger charge is 2.22. The van der Waals surface area contributed by atoms with Crippen molar-refractivity contribution in [3.63, 3.8) is 0 Å². The monoisotopic (exact) mass is 355 g/mol. The molecule has 1 amide bonds. The van der Waals surface area contributed by atoms with Crippen molar-refractivity contribution >= 4 is 5.91 Å². The van der Waals surface area contributed by atoms with Gasteiger partial charge in [-0.3, -0.25) is 9.78 Å². The van der Waals surface area contributed by atoms with Crippen molar-refractivity contribution in [1.82, 2.24) is 10.3 Å². The molecule has 1 aromatic carbocycles. The molecule has 5 nitrogen and oxygen atoms in total. The highest BCUT2D eigenvalue weighted by molar-refractivity contribution is 5.95. The predicted octanol–water partition coefficient (Wildman–Crippen LogP) is 2.39. The number of nitrogens with two attached hydrogens (primary N) is 1. The second-order valence-corrected chi connectivity index (χ2v) is 7.83. The van der Waals surface area contributed by atoms with Gasteiger partial charge in [0.25, 0.3) is 5.91 Å². The van der Waals surface area contributed by atoms with Crippen molar-refractivity contribution in [3.8, 4) is 0 Å². The number of pyridine rings is 1. The van der Waals surface area contributed by atoms with Gasteiger partial charge in [-0.15, -0.1) is 0 Å². The Bertz CT molecular complexity index is 753. The molecule has 1 heterocycles. The van der Waals surface area contributed by atoms with E-state index in [1.807, 2.05) is 45.9 Å². The molecule has 0 aliphatic heterocycles. The maximum Gasteiger partial charge on any atom is 0.253 e. The van der Waals surface area contributed by atoms with Gasteiger partial charge in [-0.25, -0.2) is 0 Å². The van der Waals surface area contributed by atoms with E-state index in [4.69, 9.17) is 5.73 Å². The molecular formula is C21H29N3O2. The zero-order valence-corrected chi connectivity index (χ0v) is 16.0. The number of hydrogen-bond acceptors (Lipinski definition) is 4. The Kier molecular flexibility index (Phi) is 6.51. The first kappa shape index (κ1) is 20.1. The second kappa shape index (κ2) is 8.43. The number of amides is 1. The van der Waals surface area contributed by atoms with Crippen LogP contribution < -0.4 is 11.1 Å². The number of nitrogens with zero attached hydrogens (tertiary/aromatic N) is 1. The van der Waals surface area contributed by atoms with Gasteiger partial charge in [0.2, 0.25) is 0 Å². The lowest BCUT2D eigenvalue weighted by molar-refractivity contribution is 0.0916. The highest BCUT2D eigenvalue weighted by Crippen LogP contribution is 2.14. The number of aryl methyl sites for hydroxylation is 1. The molecule has 0 saturated carbocycles. The first-order valence-electron chi connectivity index (χ1n) is 8.91. The average molecular weight is 355 g/mol. The van der Waals surface area contributed by atoms with Gasteiger partial charge in [0.15, 0.2) is 0 Å². The summed E-state index contributed by atoms with van der Waals surface area (Å²) in [6, 6.07) is 11.1. The van der Waals surface area contributed by atoms with Crippen LogP contribution in [0.3, 0.4) is 0 Å². The minimum absolute atomic E-state index is 0.194. The molecule has 1 aromatic heterocycles. The first-order chi connectivity index (χ1) is 12.2. The number of aromatic nitrogens is 1. The molecule has 0 spiro atoms. The third-order valence-electron chi connectivity index (χ3n) is 4.07. The molecule has 2 aromatic rings. The molecule has 0 aliphatic rings. The Labute approximate surface area is 155 Å². The normalized spacial score (nSPS) is 13.9.